The quantitative estimate of drug-likeness (QED) is 0.268. The molecule has 40 heavy (non-hydrogen) atoms. The fourth-order valence-electron chi connectivity index (χ4n) is 4.25. The second-order valence-electron chi connectivity index (χ2n) is 8.92. The third-order valence-electron chi connectivity index (χ3n) is 6.34. The molecule has 1 fully saturated rings. The van der Waals surface area contributed by atoms with Gasteiger partial charge in [0.2, 0.25) is 11.8 Å². The number of aromatic hydroxyl groups is 1. The predicted molar refractivity (Wildman–Crippen MR) is 145 cm³/mol. The van der Waals surface area contributed by atoms with Crippen molar-refractivity contribution in [2.24, 2.45) is 0 Å². The van der Waals surface area contributed by atoms with E-state index in [1.165, 1.54) is 18.9 Å². The molecule has 0 atom stereocenters. The van der Waals surface area contributed by atoms with Gasteiger partial charge in [-0.2, -0.15) is 10.1 Å². The molecule has 14 heteroatoms. The molecule has 0 saturated carbocycles. The lowest BCUT2D eigenvalue weighted by Gasteiger charge is -2.42. The number of methoxy groups -OCH3 is 2. The van der Waals surface area contributed by atoms with E-state index in [1.807, 2.05) is 48.5 Å². The highest BCUT2D eigenvalue weighted by Crippen LogP contribution is 2.35. The van der Waals surface area contributed by atoms with Crippen LogP contribution < -0.4 is 15.4 Å². The van der Waals surface area contributed by atoms with Crippen molar-refractivity contribution >= 4 is 45.1 Å². The lowest BCUT2D eigenvalue weighted by Crippen LogP contribution is -2.59. The number of nitrogens with zero attached hydrogens (tertiary/aromatic N) is 4. The van der Waals surface area contributed by atoms with Gasteiger partial charge in [0.25, 0.3) is 0 Å². The highest BCUT2D eigenvalue weighted by atomic mass is 79.9. The molecule has 2 aromatic heterocycles. The Morgan fingerprint density at radius 3 is 2.58 bits per heavy atom. The molecule has 13 nitrogen and oxygen atoms in total. The summed E-state index contributed by atoms with van der Waals surface area (Å²) in [7, 11) is 2.74. The van der Waals surface area contributed by atoms with Gasteiger partial charge in [-0.3, -0.25) is 10.00 Å². The third kappa shape index (κ3) is 5.49. The molecule has 3 heterocycles. The maximum absolute atomic E-state index is 12.6. The van der Waals surface area contributed by atoms with E-state index in [4.69, 9.17) is 14.2 Å². The number of nitrogens with one attached hydrogen (secondary N) is 2. The predicted octanol–water partition coefficient (Wildman–Crippen LogP) is 3.68. The van der Waals surface area contributed by atoms with Crippen molar-refractivity contribution in [2.75, 3.05) is 32.8 Å². The van der Waals surface area contributed by atoms with Gasteiger partial charge >= 0.3 is 12.2 Å². The van der Waals surface area contributed by atoms with Crippen LogP contribution in [0.2, 0.25) is 0 Å². The smallest absolute Gasteiger partial charge is 0.413 e. The Morgan fingerprint density at radius 1 is 1.12 bits per heavy atom. The summed E-state index contributed by atoms with van der Waals surface area (Å²) < 4.78 is 22.9. The van der Waals surface area contributed by atoms with Gasteiger partial charge in [-0.05, 0) is 33.1 Å². The van der Waals surface area contributed by atoms with Crippen LogP contribution in [0.3, 0.4) is 0 Å². The molecule has 208 valence electrons. The first-order valence-corrected chi connectivity index (χ1v) is 12.8. The third-order valence-corrected chi connectivity index (χ3v) is 6.87. The van der Waals surface area contributed by atoms with Crippen LogP contribution in [-0.4, -0.2) is 64.5 Å². The SMILES string of the molecule is COC(=O)Nc1nc(O)c2c(n1)c(Br)nn2Cc1ccc(C2(NC(=O)OCc3ccccc3)COC2)cc1OC. The molecule has 3 N–H and O–H groups in total. The van der Waals surface area contributed by atoms with E-state index < -0.39 is 17.7 Å². The number of amides is 2. The van der Waals surface area contributed by atoms with Crippen LogP contribution in [0, 0.1) is 0 Å². The minimum absolute atomic E-state index is 0.137. The summed E-state index contributed by atoms with van der Waals surface area (Å²) in [4.78, 5) is 32.3. The first-order chi connectivity index (χ1) is 19.3. The van der Waals surface area contributed by atoms with Crippen molar-refractivity contribution in [2.45, 2.75) is 18.7 Å². The molecule has 5 rings (SSSR count). The average Bonchev–Trinajstić information content (AvgIpc) is 3.25. The molecular weight excluding hydrogens is 588 g/mol. The number of anilines is 1. The maximum atomic E-state index is 12.6. The highest BCUT2D eigenvalue weighted by Gasteiger charge is 2.43. The molecule has 0 spiro atoms. The van der Waals surface area contributed by atoms with Crippen molar-refractivity contribution in [3.8, 4) is 11.6 Å². The van der Waals surface area contributed by atoms with Gasteiger partial charge in [-0.15, -0.1) is 0 Å². The van der Waals surface area contributed by atoms with Crippen LogP contribution in [-0.2, 0) is 32.9 Å². The van der Waals surface area contributed by atoms with Crippen LogP contribution in [0.5, 0.6) is 11.6 Å². The summed E-state index contributed by atoms with van der Waals surface area (Å²) in [6.45, 7) is 0.901. The lowest BCUT2D eigenvalue weighted by molar-refractivity contribution is -0.0763. The van der Waals surface area contributed by atoms with E-state index in [0.29, 0.717) is 15.9 Å². The van der Waals surface area contributed by atoms with E-state index >= 15 is 0 Å². The van der Waals surface area contributed by atoms with Crippen LogP contribution in [0.25, 0.3) is 11.0 Å². The minimum atomic E-state index is -0.777. The van der Waals surface area contributed by atoms with Crippen LogP contribution in [0.15, 0.2) is 53.1 Å². The van der Waals surface area contributed by atoms with Crippen molar-refractivity contribution < 1.29 is 33.6 Å². The molecule has 1 saturated heterocycles. The van der Waals surface area contributed by atoms with Crippen LogP contribution in [0.4, 0.5) is 15.5 Å². The Kier molecular flexibility index (Phi) is 7.71. The van der Waals surface area contributed by atoms with Crippen molar-refractivity contribution in [1.82, 2.24) is 25.1 Å². The van der Waals surface area contributed by atoms with Gasteiger partial charge in [0.1, 0.15) is 23.4 Å². The highest BCUT2D eigenvalue weighted by molar-refractivity contribution is 9.10. The fraction of sp³-hybridized carbons (Fsp3) is 0.269. The number of aromatic nitrogens is 4. The molecule has 4 aromatic rings. The van der Waals surface area contributed by atoms with Gasteiger partial charge in [-0.25, -0.2) is 14.6 Å². The molecule has 0 bridgehead atoms. The molecule has 0 aliphatic carbocycles. The standard InChI is InChI=1S/C26H25BrN6O7/c1-37-18-10-17(26(13-39-14-26)31-25(36)40-12-15-6-4-3-5-7-15)9-8-16(18)11-33-20-19(21(27)32-33)28-23(29-22(20)34)30-24(35)38-2/h3-10H,11-14H2,1-2H3,(H,31,36)(H2,28,29,30,34,35). The van der Waals surface area contributed by atoms with Crippen LogP contribution in [0.1, 0.15) is 16.7 Å². The molecule has 2 amide bonds. The second kappa shape index (κ2) is 11.4. The van der Waals surface area contributed by atoms with Gasteiger partial charge < -0.3 is 29.4 Å². The van der Waals surface area contributed by atoms with Crippen molar-refractivity contribution in [3.63, 3.8) is 0 Å². The number of fused-ring (bicyclic) bond motifs is 1. The largest absolute Gasteiger partial charge is 0.496 e. The topological polar surface area (TPSA) is 159 Å². The lowest BCUT2D eigenvalue weighted by atomic mass is 9.87. The number of ether oxygens (including phenoxy) is 4. The van der Waals surface area contributed by atoms with E-state index in [0.717, 1.165) is 16.7 Å². The number of halogens is 1. The van der Waals surface area contributed by atoms with E-state index in [1.54, 1.807) is 0 Å². The van der Waals surface area contributed by atoms with Crippen molar-refractivity contribution in [3.05, 3.63) is 69.8 Å². The summed E-state index contributed by atoms with van der Waals surface area (Å²) in [5.41, 5.74) is 2.18. The van der Waals surface area contributed by atoms with Gasteiger partial charge in [0.15, 0.2) is 10.1 Å². The number of rotatable bonds is 8. The summed E-state index contributed by atoms with van der Waals surface area (Å²) in [6, 6.07) is 15.0. The molecule has 0 radical (unpaired) electrons. The number of benzene rings is 2. The van der Waals surface area contributed by atoms with Crippen molar-refractivity contribution in [1.29, 1.82) is 0 Å². The molecule has 2 aromatic carbocycles. The number of alkyl carbamates (subject to hydrolysis) is 1. The number of hydrogen-bond acceptors (Lipinski definition) is 10. The average molecular weight is 613 g/mol. The van der Waals surface area contributed by atoms with Gasteiger partial charge in [0.05, 0.1) is 34.0 Å². The monoisotopic (exact) mass is 612 g/mol. The summed E-state index contributed by atoms with van der Waals surface area (Å²) in [5, 5.41) is 20.3. The van der Waals surface area contributed by atoms with E-state index in [2.05, 4.69) is 46.4 Å². The van der Waals surface area contributed by atoms with E-state index in [-0.39, 0.29) is 43.7 Å². The minimum Gasteiger partial charge on any atom is -0.496 e. The second-order valence-corrected chi connectivity index (χ2v) is 9.67. The summed E-state index contributed by atoms with van der Waals surface area (Å²) in [6.07, 6.45) is -1.33. The Hall–Kier alpha value is -4.43. The number of hydrogen-bond donors (Lipinski definition) is 3. The van der Waals surface area contributed by atoms with Gasteiger partial charge in [-0.1, -0.05) is 42.5 Å². The molecule has 1 aliphatic heterocycles. The summed E-state index contributed by atoms with van der Waals surface area (Å²) in [5.74, 6) is 0.0169. The zero-order chi connectivity index (χ0) is 28.3. The number of carbonyl (C=O) groups excluding carboxylic acids is 2. The Bertz CT molecular complexity index is 1560. The Labute approximate surface area is 236 Å². The van der Waals surface area contributed by atoms with Crippen LogP contribution >= 0.6 is 15.9 Å². The normalized spacial score (nSPS) is 13.8. The summed E-state index contributed by atoms with van der Waals surface area (Å²) >= 11 is 3.35. The molecule has 0 unspecified atom stereocenters. The molecule has 1 aliphatic rings. The number of carbonyl (C=O) groups is 2. The zero-order valence-electron chi connectivity index (χ0n) is 21.5. The molecular formula is C26H25BrN6O7. The first-order valence-electron chi connectivity index (χ1n) is 12.0. The Balaban J connectivity index is 1.36. The van der Waals surface area contributed by atoms with Gasteiger partial charge in [0, 0.05) is 5.56 Å². The fourth-order valence-corrected chi connectivity index (χ4v) is 4.71. The van der Waals surface area contributed by atoms with E-state index in [9.17, 15) is 14.7 Å². The maximum Gasteiger partial charge on any atom is 0.413 e. The zero-order valence-corrected chi connectivity index (χ0v) is 23.1. The Morgan fingerprint density at radius 2 is 1.90 bits per heavy atom. The first kappa shape index (κ1) is 27.1.